The third-order valence-corrected chi connectivity index (χ3v) is 2.64. The number of Topliss-reactive ketones (excluding diaryl/α,β-unsaturated/α-hetero) is 1. The van der Waals surface area contributed by atoms with Crippen LogP contribution in [0.2, 0.25) is 0 Å². The minimum Gasteiger partial charge on any atom is -0.496 e. The van der Waals surface area contributed by atoms with Crippen molar-refractivity contribution in [1.29, 1.82) is 0 Å². The van der Waals surface area contributed by atoms with Crippen molar-refractivity contribution in [2.75, 3.05) is 26.7 Å². The average Bonchev–Trinajstić information content (AvgIpc) is 2.35. The Hall–Kier alpha value is -1.23. The van der Waals surface area contributed by atoms with E-state index in [1.54, 1.807) is 12.1 Å². The van der Waals surface area contributed by atoms with E-state index in [0.717, 1.165) is 0 Å². The molecule has 0 aliphatic carbocycles. The number of alkyl halides is 1. The second kappa shape index (κ2) is 5.75. The predicted octanol–water partition coefficient (Wildman–Crippen LogP) is 2.29. The van der Waals surface area contributed by atoms with Crippen LogP contribution in [-0.2, 0) is 0 Å². The van der Waals surface area contributed by atoms with Gasteiger partial charge in [-0.3, -0.25) is 4.79 Å². The summed E-state index contributed by atoms with van der Waals surface area (Å²) in [6.45, 7) is 0. The standard InChI is InChI=1S/C11H13BrO4/c1-14-9-5-11(16-3)10(15-2)4-7(9)8(13)6-12/h4-5H,6H2,1-3H3. The average molecular weight is 289 g/mol. The highest BCUT2D eigenvalue weighted by atomic mass is 79.9. The van der Waals surface area contributed by atoms with Crippen molar-refractivity contribution in [3.05, 3.63) is 17.7 Å². The molecule has 0 saturated carbocycles. The van der Waals surface area contributed by atoms with Crippen LogP contribution < -0.4 is 14.2 Å². The van der Waals surface area contributed by atoms with Crippen LogP contribution in [-0.4, -0.2) is 32.4 Å². The Bertz CT molecular complexity index is 390. The van der Waals surface area contributed by atoms with Crippen molar-refractivity contribution in [2.45, 2.75) is 0 Å². The third-order valence-electron chi connectivity index (χ3n) is 2.13. The molecule has 16 heavy (non-hydrogen) atoms. The molecule has 0 bridgehead atoms. The maximum Gasteiger partial charge on any atom is 0.177 e. The van der Waals surface area contributed by atoms with Crippen LogP contribution in [0.1, 0.15) is 10.4 Å². The molecule has 5 heteroatoms. The number of hydrogen-bond donors (Lipinski definition) is 0. The fourth-order valence-corrected chi connectivity index (χ4v) is 1.62. The molecule has 88 valence electrons. The van der Waals surface area contributed by atoms with Crippen LogP contribution in [0.4, 0.5) is 0 Å². The zero-order valence-corrected chi connectivity index (χ0v) is 11.0. The Balaban J connectivity index is 3.31. The Morgan fingerprint density at radius 1 is 1.06 bits per heavy atom. The summed E-state index contributed by atoms with van der Waals surface area (Å²) >= 11 is 3.12. The molecule has 0 amide bonds. The van der Waals surface area contributed by atoms with Gasteiger partial charge in [-0.05, 0) is 6.07 Å². The van der Waals surface area contributed by atoms with E-state index in [-0.39, 0.29) is 11.1 Å². The van der Waals surface area contributed by atoms with Crippen LogP contribution in [0.15, 0.2) is 12.1 Å². The van der Waals surface area contributed by atoms with E-state index in [9.17, 15) is 4.79 Å². The van der Waals surface area contributed by atoms with Crippen molar-refractivity contribution in [3.8, 4) is 17.2 Å². The molecule has 0 aliphatic heterocycles. The zero-order chi connectivity index (χ0) is 12.1. The highest BCUT2D eigenvalue weighted by Gasteiger charge is 2.16. The summed E-state index contributed by atoms with van der Waals surface area (Å²) in [4.78, 5) is 11.6. The summed E-state index contributed by atoms with van der Waals surface area (Å²) in [6.07, 6.45) is 0. The van der Waals surface area contributed by atoms with Crippen molar-refractivity contribution < 1.29 is 19.0 Å². The van der Waals surface area contributed by atoms with Crippen LogP contribution in [0.25, 0.3) is 0 Å². The molecule has 0 fully saturated rings. The fourth-order valence-electron chi connectivity index (χ4n) is 1.32. The van der Waals surface area contributed by atoms with Gasteiger partial charge in [0.15, 0.2) is 17.3 Å². The number of methoxy groups -OCH3 is 3. The molecule has 1 aromatic rings. The summed E-state index contributed by atoms with van der Waals surface area (Å²) in [7, 11) is 4.56. The van der Waals surface area contributed by atoms with Crippen LogP contribution in [0, 0.1) is 0 Å². The minimum absolute atomic E-state index is 0.0715. The van der Waals surface area contributed by atoms with E-state index in [1.807, 2.05) is 0 Å². The molecular formula is C11H13BrO4. The second-order valence-electron chi connectivity index (χ2n) is 2.96. The van der Waals surface area contributed by atoms with Gasteiger partial charge in [-0.2, -0.15) is 0 Å². The SMILES string of the molecule is COc1cc(OC)c(C(=O)CBr)cc1OC. The van der Waals surface area contributed by atoms with Crippen LogP contribution in [0.3, 0.4) is 0 Å². The van der Waals surface area contributed by atoms with E-state index in [2.05, 4.69) is 15.9 Å². The van der Waals surface area contributed by atoms with Crippen LogP contribution in [0.5, 0.6) is 17.2 Å². The molecule has 0 aromatic heterocycles. The lowest BCUT2D eigenvalue weighted by Gasteiger charge is -2.12. The van der Waals surface area contributed by atoms with E-state index in [1.165, 1.54) is 21.3 Å². The minimum atomic E-state index is -0.0715. The van der Waals surface area contributed by atoms with Crippen molar-refractivity contribution >= 4 is 21.7 Å². The summed E-state index contributed by atoms with van der Waals surface area (Å²) < 4.78 is 15.4. The molecule has 1 rings (SSSR count). The van der Waals surface area contributed by atoms with Crippen LogP contribution >= 0.6 is 15.9 Å². The summed E-state index contributed by atoms with van der Waals surface area (Å²) in [5.74, 6) is 1.44. The summed E-state index contributed by atoms with van der Waals surface area (Å²) in [5.41, 5.74) is 0.469. The number of ketones is 1. The molecule has 1 aromatic carbocycles. The molecular weight excluding hydrogens is 276 g/mol. The first-order valence-corrected chi connectivity index (χ1v) is 5.69. The molecule has 0 heterocycles. The number of hydrogen-bond acceptors (Lipinski definition) is 4. The number of carbonyl (C=O) groups is 1. The number of halogens is 1. The maximum absolute atomic E-state index is 11.6. The molecule has 0 saturated heterocycles. The lowest BCUT2D eigenvalue weighted by atomic mass is 10.1. The van der Waals surface area contributed by atoms with E-state index < -0.39 is 0 Å². The molecule has 4 nitrogen and oxygen atoms in total. The number of carbonyl (C=O) groups excluding carboxylic acids is 1. The Labute approximate surface area is 103 Å². The Kier molecular flexibility index (Phi) is 4.61. The van der Waals surface area contributed by atoms with Gasteiger partial charge in [-0.1, -0.05) is 15.9 Å². The van der Waals surface area contributed by atoms with Gasteiger partial charge in [-0.15, -0.1) is 0 Å². The van der Waals surface area contributed by atoms with E-state index in [4.69, 9.17) is 14.2 Å². The monoisotopic (exact) mass is 288 g/mol. The molecule has 0 unspecified atom stereocenters. The van der Waals surface area contributed by atoms with Gasteiger partial charge in [0, 0.05) is 6.07 Å². The fraction of sp³-hybridized carbons (Fsp3) is 0.364. The van der Waals surface area contributed by atoms with Gasteiger partial charge in [0.2, 0.25) is 0 Å². The smallest absolute Gasteiger partial charge is 0.177 e. The first kappa shape index (κ1) is 12.8. The second-order valence-corrected chi connectivity index (χ2v) is 3.53. The van der Waals surface area contributed by atoms with Crippen molar-refractivity contribution in [1.82, 2.24) is 0 Å². The van der Waals surface area contributed by atoms with Crippen molar-refractivity contribution in [3.63, 3.8) is 0 Å². The van der Waals surface area contributed by atoms with Crippen molar-refractivity contribution in [2.24, 2.45) is 0 Å². The number of ether oxygens (including phenoxy) is 3. The largest absolute Gasteiger partial charge is 0.496 e. The molecule has 0 atom stereocenters. The van der Waals surface area contributed by atoms with Gasteiger partial charge in [0.25, 0.3) is 0 Å². The predicted molar refractivity (Wildman–Crippen MR) is 64.2 cm³/mol. The normalized spacial score (nSPS) is 9.75. The van der Waals surface area contributed by atoms with Gasteiger partial charge in [-0.25, -0.2) is 0 Å². The summed E-state index contributed by atoms with van der Waals surface area (Å²) in [6, 6.07) is 3.25. The Morgan fingerprint density at radius 2 is 1.56 bits per heavy atom. The van der Waals surface area contributed by atoms with Gasteiger partial charge < -0.3 is 14.2 Å². The topological polar surface area (TPSA) is 44.8 Å². The first-order chi connectivity index (χ1) is 7.67. The first-order valence-electron chi connectivity index (χ1n) is 4.57. The molecule has 0 aliphatic rings. The maximum atomic E-state index is 11.6. The quantitative estimate of drug-likeness (QED) is 0.616. The van der Waals surface area contributed by atoms with Gasteiger partial charge >= 0.3 is 0 Å². The highest BCUT2D eigenvalue weighted by Crippen LogP contribution is 2.34. The van der Waals surface area contributed by atoms with E-state index >= 15 is 0 Å². The van der Waals surface area contributed by atoms with E-state index in [0.29, 0.717) is 22.8 Å². The van der Waals surface area contributed by atoms with Gasteiger partial charge in [0.1, 0.15) is 5.75 Å². The zero-order valence-electron chi connectivity index (χ0n) is 9.37. The lowest BCUT2D eigenvalue weighted by molar-refractivity contribution is 0.102. The molecule has 0 radical (unpaired) electrons. The highest BCUT2D eigenvalue weighted by molar-refractivity contribution is 9.09. The summed E-state index contributed by atoms with van der Waals surface area (Å²) in [5, 5.41) is 0.235. The number of benzene rings is 1. The van der Waals surface area contributed by atoms with Gasteiger partial charge in [0.05, 0.1) is 32.2 Å². The molecule has 0 N–H and O–H groups in total. The third kappa shape index (κ3) is 2.47. The Morgan fingerprint density at radius 3 is 2.00 bits per heavy atom. The number of rotatable bonds is 5. The lowest BCUT2D eigenvalue weighted by Crippen LogP contribution is -2.04. The molecule has 0 spiro atoms.